The molecule has 106 valence electrons. The summed E-state index contributed by atoms with van der Waals surface area (Å²) in [5.41, 5.74) is -1.72. The largest absolute Gasteiger partial charge is 0.324 e. The molecule has 0 aliphatic rings. The number of carbonyl (C=O) groups excluding carboxylic acids is 1. The van der Waals surface area contributed by atoms with Crippen molar-refractivity contribution in [3.8, 4) is 6.07 Å². The van der Waals surface area contributed by atoms with Crippen LogP contribution in [0.1, 0.15) is 26.7 Å². The van der Waals surface area contributed by atoms with Crippen LogP contribution in [0.25, 0.3) is 0 Å². The summed E-state index contributed by atoms with van der Waals surface area (Å²) >= 11 is 0. The Morgan fingerprint density at radius 3 is 2.50 bits per heavy atom. The molecule has 20 heavy (non-hydrogen) atoms. The average Bonchev–Trinajstić information content (AvgIpc) is 2.40. The van der Waals surface area contributed by atoms with Crippen LogP contribution < -0.4 is 5.32 Å². The second-order valence-electron chi connectivity index (χ2n) is 4.31. The highest BCUT2D eigenvalue weighted by molar-refractivity contribution is 5.97. The molecule has 0 bridgehead atoms. The number of hydrogen-bond acceptors (Lipinski definition) is 4. The first-order chi connectivity index (χ1) is 9.38. The summed E-state index contributed by atoms with van der Waals surface area (Å²) < 4.78 is 13.3. The lowest BCUT2D eigenvalue weighted by Crippen LogP contribution is -2.33. The van der Waals surface area contributed by atoms with Gasteiger partial charge in [0.1, 0.15) is 11.2 Å². The average molecular weight is 279 g/mol. The molecule has 0 heterocycles. The molecule has 6 nitrogen and oxygen atoms in total. The maximum absolute atomic E-state index is 13.3. The van der Waals surface area contributed by atoms with E-state index in [2.05, 4.69) is 5.32 Å². The molecule has 7 heteroatoms. The first-order valence-electron chi connectivity index (χ1n) is 6.06. The van der Waals surface area contributed by atoms with Crippen LogP contribution in [-0.2, 0) is 4.79 Å². The lowest BCUT2D eigenvalue weighted by Gasteiger charge is -2.22. The molecule has 0 aliphatic heterocycles. The third-order valence-corrected chi connectivity index (χ3v) is 3.21. The normalized spacial score (nSPS) is 10.7. The third kappa shape index (κ3) is 3.09. The zero-order chi connectivity index (χ0) is 15.3. The number of non-ortho nitro benzene ring substituents is 1. The molecule has 1 N–H and O–H groups in total. The molecule has 1 rings (SSSR count). The van der Waals surface area contributed by atoms with E-state index in [9.17, 15) is 19.3 Å². The molecule has 0 unspecified atom stereocenters. The van der Waals surface area contributed by atoms with Gasteiger partial charge in [-0.2, -0.15) is 5.26 Å². The fraction of sp³-hybridized carbons (Fsp3) is 0.385. The van der Waals surface area contributed by atoms with Crippen LogP contribution in [0.5, 0.6) is 0 Å². The Morgan fingerprint density at radius 2 is 2.05 bits per heavy atom. The van der Waals surface area contributed by atoms with Crippen molar-refractivity contribution in [3.05, 3.63) is 34.1 Å². The number of nitrogens with zero attached hydrogens (tertiary/aromatic N) is 2. The van der Waals surface area contributed by atoms with Gasteiger partial charge in [0.05, 0.1) is 22.7 Å². The molecule has 0 radical (unpaired) electrons. The maximum atomic E-state index is 13.3. The van der Waals surface area contributed by atoms with E-state index in [0.717, 1.165) is 18.2 Å². The maximum Gasteiger partial charge on any atom is 0.274 e. The Balaban J connectivity index is 3.08. The molecule has 0 saturated heterocycles. The monoisotopic (exact) mass is 279 g/mol. The fourth-order valence-corrected chi connectivity index (χ4v) is 1.78. The number of carbonyl (C=O) groups is 1. The standard InChI is InChI=1S/C13H14FN3O3/c1-3-13(4-2,8-15)12(18)16-10-5-9(14)6-11(7-10)17(19)20/h5-7H,3-4H2,1-2H3,(H,16,18). The van der Waals surface area contributed by atoms with Crippen molar-refractivity contribution in [1.29, 1.82) is 5.26 Å². The zero-order valence-electron chi connectivity index (χ0n) is 11.1. The molecule has 0 aromatic heterocycles. The van der Waals surface area contributed by atoms with E-state index < -0.39 is 27.8 Å². The minimum absolute atomic E-state index is 0.0387. The summed E-state index contributed by atoms with van der Waals surface area (Å²) in [5.74, 6) is -1.42. The number of nitro benzene ring substituents is 1. The zero-order valence-corrected chi connectivity index (χ0v) is 11.1. The Labute approximate surface area is 115 Å². The highest BCUT2D eigenvalue weighted by atomic mass is 19.1. The predicted octanol–water partition coefficient (Wildman–Crippen LogP) is 3.00. The number of nitrogens with one attached hydrogen (secondary N) is 1. The molecule has 0 aliphatic carbocycles. The predicted molar refractivity (Wildman–Crippen MR) is 70.3 cm³/mol. The molecule has 0 spiro atoms. The van der Waals surface area contributed by atoms with Crippen molar-refractivity contribution < 1.29 is 14.1 Å². The van der Waals surface area contributed by atoms with Crippen LogP contribution in [-0.4, -0.2) is 10.8 Å². The summed E-state index contributed by atoms with van der Waals surface area (Å²) in [6, 6.07) is 4.72. The van der Waals surface area contributed by atoms with Crippen LogP contribution in [0.4, 0.5) is 15.8 Å². The van der Waals surface area contributed by atoms with Gasteiger partial charge in [-0.1, -0.05) is 13.8 Å². The van der Waals surface area contributed by atoms with Gasteiger partial charge in [-0.05, 0) is 18.9 Å². The highest BCUT2D eigenvalue weighted by Crippen LogP contribution is 2.28. The topological polar surface area (TPSA) is 96.0 Å². The molecule has 1 aromatic rings. The number of hydrogen-bond donors (Lipinski definition) is 1. The van der Waals surface area contributed by atoms with E-state index in [-0.39, 0.29) is 5.69 Å². The first kappa shape index (κ1) is 15.6. The number of nitriles is 1. The molecule has 0 atom stereocenters. The SMILES string of the molecule is CCC(C#N)(CC)C(=O)Nc1cc(F)cc([N+](=O)[O-])c1. The van der Waals surface area contributed by atoms with Crippen LogP contribution in [0, 0.1) is 32.7 Å². The summed E-state index contributed by atoms with van der Waals surface area (Å²) in [5, 5.41) is 22.1. The number of nitro groups is 1. The molecule has 1 aromatic carbocycles. The van der Waals surface area contributed by atoms with Crippen LogP contribution in [0.15, 0.2) is 18.2 Å². The van der Waals surface area contributed by atoms with Crippen molar-refractivity contribution >= 4 is 17.3 Å². The second-order valence-corrected chi connectivity index (χ2v) is 4.31. The first-order valence-corrected chi connectivity index (χ1v) is 6.06. The van der Waals surface area contributed by atoms with Crippen LogP contribution >= 0.6 is 0 Å². The number of anilines is 1. The van der Waals surface area contributed by atoms with E-state index in [1.807, 2.05) is 6.07 Å². The Morgan fingerprint density at radius 1 is 1.45 bits per heavy atom. The van der Waals surface area contributed by atoms with E-state index in [1.165, 1.54) is 0 Å². The Bertz CT molecular complexity index is 577. The van der Waals surface area contributed by atoms with Crippen molar-refractivity contribution in [3.63, 3.8) is 0 Å². The van der Waals surface area contributed by atoms with E-state index in [0.29, 0.717) is 12.8 Å². The number of amides is 1. The number of halogens is 1. The van der Waals surface area contributed by atoms with Crippen molar-refractivity contribution in [2.75, 3.05) is 5.32 Å². The fourth-order valence-electron chi connectivity index (χ4n) is 1.78. The van der Waals surface area contributed by atoms with Gasteiger partial charge < -0.3 is 5.32 Å². The minimum Gasteiger partial charge on any atom is -0.324 e. The third-order valence-electron chi connectivity index (χ3n) is 3.21. The van der Waals surface area contributed by atoms with Gasteiger partial charge in [-0.3, -0.25) is 14.9 Å². The lowest BCUT2D eigenvalue weighted by atomic mass is 9.83. The van der Waals surface area contributed by atoms with Gasteiger partial charge in [0.25, 0.3) is 5.69 Å². The number of benzene rings is 1. The van der Waals surface area contributed by atoms with Gasteiger partial charge in [-0.25, -0.2) is 4.39 Å². The molecular formula is C13H14FN3O3. The summed E-state index contributed by atoms with van der Waals surface area (Å²) in [6.45, 7) is 3.39. The van der Waals surface area contributed by atoms with Gasteiger partial charge in [0.15, 0.2) is 0 Å². The van der Waals surface area contributed by atoms with Crippen LogP contribution in [0.3, 0.4) is 0 Å². The van der Waals surface area contributed by atoms with Crippen LogP contribution in [0.2, 0.25) is 0 Å². The second kappa shape index (κ2) is 6.10. The smallest absolute Gasteiger partial charge is 0.274 e. The molecule has 1 amide bonds. The van der Waals surface area contributed by atoms with Gasteiger partial charge in [0.2, 0.25) is 5.91 Å². The summed E-state index contributed by atoms with van der Waals surface area (Å²) in [6.07, 6.45) is 0.590. The van der Waals surface area contributed by atoms with Gasteiger partial charge >= 0.3 is 0 Å². The lowest BCUT2D eigenvalue weighted by molar-refractivity contribution is -0.385. The summed E-state index contributed by atoms with van der Waals surface area (Å²) in [4.78, 5) is 22.0. The van der Waals surface area contributed by atoms with Gasteiger partial charge in [0, 0.05) is 6.07 Å². The highest BCUT2D eigenvalue weighted by Gasteiger charge is 2.35. The van der Waals surface area contributed by atoms with E-state index >= 15 is 0 Å². The van der Waals surface area contributed by atoms with Crippen molar-refractivity contribution in [1.82, 2.24) is 0 Å². The van der Waals surface area contributed by atoms with Crippen molar-refractivity contribution in [2.24, 2.45) is 5.41 Å². The summed E-state index contributed by atoms with van der Waals surface area (Å²) in [7, 11) is 0. The Kier molecular flexibility index (Phi) is 4.75. The minimum atomic E-state index is -1.22. The molecule has 0 saturated carbocycles. The van der Waals surface area contributed by atoms with Crippen molar-refractivity contribution in [2.45, 2.75) is 26.7 Å². The molecular weight excluding hydrogens is 265 g/mol. The van der Waals surface area contributed by atoms with E-state index in [4.69, 9.17) is 5.26 Å². The molecule has 0 fully saturated rings. The van der Waals surface area contributed by atoms with E-state index in [1.54, 1.807) is 13.8 Å². The van der Waals surface area contributed by atoms with Gasteiger partial charge in [-0.15, -0.1) is 0 Å². The quantitative estimate of drug-likeness (QED) is 0.661. The Hall–Kier alpha value is -2.49. The number of rotatable bonds is 5.